The monoisotopic (exact) mass is 365 g/mol. The fraction of sp³-hybridized carbons (Fsp3) is 0.150. The predicted octanol–water partition coefficient (Wildman–Crippen LogP) is 2.57. The Morgan fingerprint density at radius 3 is 2.44 bits per heavy atom. The molecule has 0 radical (unpaired) electrons. The van der Waals surface area contributed by atoms with Crippen LogP contribution in [0.1, 0.15) is 0 Å². The average molecular weight is 365 g/mol. The Hall–Kier alpha value is -3.61. The molecule has 0 saturated carbocycles. The fourth-order valence-electron chi connectivity index (χ4n) is 2.51. The maximum Gasteiger partial charge on any atom is 0.267 e. The van der Waals surface area contributed by atoms with Gasteiger partial charge >= 0.3 is 0 Å². The molecular formula is C20H19N3O4. The largest absolute Gasteiger partial charge is 0.497 e. The molecule has 7 nitrogen and oxygen atoms in total. The van der Waals surface area contributed by atoms with Crippen molar-refractivity contribution in [2.24, 2.45) is 0 Å². The van der Waals surface area contributed by atoms with E-state index in [4.69, 9.17) is 9.47 Å². The number of carbonyl (C=O) groups excluding carboxylic acids is 1. The van der Waals surface area contributed by atoms with Crippen LogP contribution in [0.3, 0.4) is 0 Å². The quantitative estimate of drug-likeness (QED) is 0.726. The van der Waals surface area contributed by atoms with Crippen LogP contribution in [0.4, 0.5) is 5.69 Å². The Kier molecular flexibility index (Phi) is 5.51. The molecule has 0 saturated heterocycles. The van der Waals surface area contributed by atoms with Gasteiger partial charge < -0.3 is 14.8 Å². The molecule has 1 heterocycles. The van der Waals surface area contributed by atoms with E-state index in [1.807, 2.05) is 24.3 Å². The van der Waals surface area contributed by atoms with Crippen LogP contribution in [0.2, 0.25) is 0 Å². The Morgan fingerprint density at radius 2 is 1.74 bits per heavy atom. The van der Waals surface area contributed by atoms with Gasteiger partial charge in [-0.15, -0.1) is 0 Å². The summed E-state index contributed by atoms with van der Waals surface area (Å²) in [6.45, 7) is -0.192. The highest BCUT2D eigenvalue weighted by Crippen LogP contribution is 2.21. The summed E-state index contributed by atoms with van der Waals surface area (Å²) in [7, 11) is 3.15. The van der Waals surface area contributed by atoms with Gasteiger partial charge in [-0.1, -0.05) is 12.1 Å². The summed E-state index contributed by atoms with van der Waals surface area (Å²) >= 11 is 0. The molecule has 0 aliphatic carbocycles. The van der Waals surface area contributed by atoms with Crippen molar-refractivity contribution in [3.63, 3.8) is 0 Å². The molecule has 0 bridgehead atoms. The number of nitrogens with one attached hydrogen (secondary N) is 1. The van der Waals surface area contributed by atoms with E-state index < -0.39 is 0 Å². The molecule has 3 aromatic rings. The summed E-state index contributed by atoms with van der Waals surface area (Å²) in [6.07, 6.45) is 0. The lowest BCUT2D eigenvalue weighted by atomic mass is 10.1. The fourth-order valence-corrected chi connectivity index (χ4v) is 2.51. The van der Waals surface area contributed by atoms with Crippen LogP contribution in [0.15, 0.2) is 65.5 Å². The second-order valence-electron chi connectivity index (χ2n) is 5.72. The Bertz CT molecular complexity index is 997. The van der Waals surface area contributed by atoms with E-state index in [-0.39, 0.29) is 18.0 Å². The minimum Gasteiger partial charge on any atom is -0.497 e. The number of methoxy groups -OCH3 is 2. The molecule has 0 aliphatic rings. The first kappa shape index (κ1) is 18.2. The first-order chi connectivity index (χ1) is 13.1. The number of nitrogens with zero attached hydrogens (tertiary/aromatic N) is 2. The second-order valence-corrected chi connectivity index (χ2v) is 5.72. The van der Waals surface area contributed by atoms with Gasteiger partial charge in [-0.25, -0.2) is 4.68 Å². The van der Waals surface area contributed by atoms with Gasteiger partial charge in [0.15, 0.2) is 0 Å². The zero-order valence-corrected chi connectivity index (χ0v) is 15.0. The number of hydrogen-bond acceptors (Lipinski definition) is 5. The molecule has 2 aromatic carbocycles. The van der Waals surface area contributed by atoms with Crippen molar-refractivity contribution in [1.29, 1.82) is 0 Å². The number of aromatic nitrogens is 2. The lowest BCUT2D eigenvalue weighted by Crippen LogP contribution is -2.29. The van der Waals surface area contributed by atoms with Gasteiger partial charge in [0.1, 0.15) is 18.0 Å². The molecule has 0 unspecified atom stereocenters. The van der Waals surface area contributed by atoms with Crippen LogP contribution in [-0.2, 0) is 11.3 Å². The highest BCUT2D eigenvalue weighted by atomic mass is 16.5. The molecule has 7 heteroatoms. The summed E-state index contributed by atoms with van der Waals surface area (Å²) in [4.78, 5) is 24.4. The Balaban J connectivity index is 1.77. The molecule has 0 spiro atoms. The van der Waals surface area contributed by atoms with Crippen LogP contribution >= 0.6 is 0 Å². The van der Waals surface area contributed by atoms with Crippen molar-refractivity contribution in [3.05, 3.63) is 71.0 Å². The molecule has 138 valence electrons. The van der Waals surface area contributed by atoms with E-state index >= 15 is 0 Å². The second kappa shape index (κ2) is 8.18. The van der Waals surface area contributed by atoms with Crippen LogP contribution in [0.25, 0.3) is 11.3 Å². The number of benzene rings is 2. The van der Waals surface area contributed by atoms with E-state index in [9.17, 15) is 9.59 Å². The third-order valence-corrected chi connectivity index (χ3v) is 3.90. The smallest absolute Gasteiger partial charge is 0.267 e. The van der Waals surface area contributed by atoms with Crippen LogP contribution < -0.4 is 20.3 Å². The summed E-state index contributed by atoms with van der Waals surface area (Å²) in [5, 5.41) is 7.03. The zero-order chi connectivity index (χ0) is 19.2. The number of ether oxygens (including phenoxy) is 2. The van der Waals surface area contributed by atoms with Crippen molar-refractivity contribution in [2.45, 2.75) is 6.54 Å². The molecule has 1 amide bonds. The average Bonchev–Trinajstić information content (AvgIpc) is 2.70. The highest BCUT2D eigenvalue weighted by Gasteiger charge is 2.09. The molecule has 0 aliphatic heterocycles. The van der Waals surface area contributed by atoms with Gasteiger partial charge in [0, 0.05) is 17.3 Å². The summed E-state index contributed by atoms with van der Waals surface area (Å²) in [5.41, 5.74) is 1.62. The van der Waals surface area contributed by atoms with Crippen molar-refractivity contribution in [2.75, 3.05) is 19.5 Å². The van der Waals surface area contributed by atoms with Gasteiger partial charge in [-0.3, -0.25) is 9.59 Å². The molecule has 1 N–H and O–H groups in total. The molecule has 1 aromatic heterocycles. The Morgan fingerprint density at radius 1 is 1.00 bits per heavy atom. The number of rotatable bonds is 6. The van der Waals surface area contributed by atoms with E-state index in [0.29, 0.717) is 22.9 Å². The van der Waals surface area contributed by atoms with Crippen molar-refractivity contribution in [1.82, 2.24) is 9.78 Å². The van der Waals surface area contributed by atoms with Gasteiger partial charge in [0.05, 0.1) is 19.9 Å². The van der Waals surface area contributed by atoms with Gasteiger partial charge in [0.25, 0.3) is 5.56 Å². The van der Waals surface area contributed by atoms with E-state index in [1.54, 1.807) is 44.6 Å². The minimum absolute atomic E-state index is 0.192. The molecule has 3 rings (SSSR count). The molecular weight excluding hydrogens is 346 g/mol. The van der Waals surface area contributed by atoms with Gasteiger partial charge in [-0.05, 0) is 42.5 Å². The normalized spacial score (nSPS) is 10.3. The van der Waals surface area contributed by atoms with E-state index in [2.05, 4.69) is 10.4 Å². The summed E-state index contributed by atoms with van der Waals surface area (Å²) in [5.74, 6) is 1.03. The minimum atomic E-state index is -0.355. The summed E-state index contributed by atoms with van der Waals surface area (Å²) < 4.78 is 11.4. The zero-order valence-electron chi connectivity index (χ0n) is 15.0. The van der Waals surface area contributed by atoms with Crippen LogP contribution in [0.5, 0.6) is 11.5 Å². The van der Waals surface area contributed by atoms with Crippen molar-refractivity contribution < 1.29 is 14.3 Å². The highest BCUT2D eigenvalue weighted by molar-refractivity contribution is 5.90. The third kappa shape index (κ3) is 4.52. The van der Waals surface area contributed by atoms with Crippen LogP contribution in [-0.4, -0.2) is 29.9 Å². The van der Waals surface area contributed by atoms with Crippen molar-refractivity contribution >= 4 is 11.6 Å². The van der Waals surface area contributed by atoms with E-state index in [1.165, 1.54) is 6.07 Å². The number of carbonyl (C=O) groups is 1. The molecule has 0 atom stereocenters. The predicted molar refractivity (Wildman–Crippen MR) is 102 cm³/mol. The third-order valence-electron chi connectivity index (χ3n) is 3.90. The van der Waals surface area contributed by atoms with Gasteiger partial charge in [-0.2, -0.15) is 5.10 Å². The van der Waals surface area contributed by atoms with E-state index in [0.717, 1.165) is 10.2 Å². The molecule has 0 fully saturated rings. The lowest BCUT2D eigenvalue weighted by molar-refractivity contribution is -0.117. The number of amides is 1. The maximum atomic E-state index is 12.3. The standard InChI is InChI=1S/C20H19N3O4/c1-26-16-8-6-15(7-9-16)21-19(24)13-23-20(25)11-10-18(22-23)14-4-3-5-17(12-14)27-2/h3-12H,13H2,1-2H3,(H,21,24). The van der Waals surface area contributed by atoms with Crippen molar-refractivity contribution in [3.8, 4) is 22.8 Å². The van der Waals surface area contributed by atoms with Gasteiger partial charge in [0.2, 0.25) is 5.91 Å². The number of anilines is 1. The summed E-state index contributed by atoms with van der Waals surface area (Å²) in [6, 6.07) is 17.3. The lowest BCUT2D eigenvalue weighted by Gasteiger charge is -2.09. The number of hydrogen-bond donors (Lipinski definition) is 1. The topological polar surface area (TPSA) is 82.4 Å². The molecule has 27 heavy (non-hydrogen) atoms. The first-order valence-electron chi connectivity index (χ1n) is 8.25. The first-order valence-corrected chi connectivity index (χ1v) is 8.25. The SMILES string of the molecule is COc1ccc(NC(=O)Cn2nc(-c3cccc(OC)c3)ccc2=O)cc1. The maximum absolute atomic E-state index is 12.3. The Labute approximate surface area is 156 Å². The van der Waals surface area contributed by atoms with Crippen LogP contribution in [0, 0.1) is 0 Å².